The van der Waals surface area contributed by atoms with Crippen LogP contribution in [0.25, 0.3) is 0 Å². The number of halogens is 1. The molecule has 0 aromatic heterocycles. The first kappa shape index (κ1) is 24.7. The van der Waals surface area contributed by atoms with Crippen LogP contribution in [0, 0.1) is 29.6 Å². The highest BCUT2D eigenvalue weighted by molar-refractivity contribution is 5.79. The first-order valence-corrected chi connectivity index (χ1v) is 13.6. The number of carbonyl (C=O) groups is 1. The summed E-state index contributed by atoms with van der Waals surface area (Å²) < 4.78 is 15.1. The second-order valence-corrected chi connectivity index (χ2v) is 10.9. The van der Waals surface area contributed by atoms with E-state index in [-0.39, 0.29) is 0 Å². The molecule has 1 nitrogen and oxygen atoms in total. The van der Waals surface area contributed by atoms with E-state index in [4.69, 9.17) is 0 Å². The monoisotopic (exact) mass is 430 g/mol. The Morgan fingerprint density at radius 1 is 0.774 bits per heavy atom. The van der Waals surface area contributed by atoms with Gasteiger partial charge in [0.2, 0.25) is 0 Å². The predicted molar refractivity (Wildman–Crippen MR) is 130 cm³/mol. The summed E-state index contributed by atoms with van der Waals surface area (Å²) >= 11 is 0. The summed E-state index contributed by atoms with van der Waals surface area (Å²) in [5, 5.41) is 0. The van der Waals surface area contributed by atoms with E-state index >= 15 is 4.39 Å². The number of ketones is 1. The Morgan fingerprint density at radius 3 is 1.87 bits per heavy atom. The summed E-state index contributed by atoms with van der Waals surface area (Å²) in [7, 11) is 0. The molecule has 0 aromatic carbocycles. The van der Waals surface area contributed by atoms with E-state index in [1.807, 2.05) is 0 Å². The number of Topliss-reactive ketones (excluding diaryl/α,β-unsaturated/α-hetero) is 1. The number of allylic oxidation sites excluding steroid dienone is 4. The van der Waals surface area contributed by atoms with Crippen molar-refractivity contribution in [3.05, 3.63) is 23.3 Å². The lowest BCUT2D eigenvalue weighted by Gasteiger charge is -2.38. The van der Waals surface area contributed by atoms with Crippen LogP contribution in [0.4, 0.5) is 4.39 Å². The van der Waals surface area contributed by atoms with Crippen LogP contribution < -0.4 is 0 Å². The molecule has 3 fully saturated rings. The van der Waals surface area contributed by atoms with E-state index in [1.165, 1.54) is 56.9 Å². The molecule has 0 aliphatic heterocycles. The number of rotatable bonds is 4. The van der Waals surface area contributed by atoms with Gasteiger partial charge in [0.25, 0.3) is 0 Å². The number of hydrogen-bond acceptors (Lipinski definition) is 1. The van der Waals surface area contributed by atoms with Gasteiger partial charge in [0.15, 0.2) is 0 Å². The molecular formula is C29H47FO. The average Bonchev–Trinajstić information content (AvgIpc) is 2.80. The minimum absolute atomic E-state index is 0.461. The summed E-state index contributed by atoms with van der Waals surface area (Å²) in [6.07, 6.45) is 20.8. The Labute approximate surface area is 191 Å². The Kier molecular flexibility index (Phi) is 9.85. The van der Waals surface area contributed by atoms with Gasteiger partial charge in [-0.1, -0.05) is 51.3 Å². The first-order chi connectivity index (χ1) is 15.0. The molecule has 0 radical (unpaired) electrons. The highest BCUT2D eigenvalue weighted by atomic mass is 19.1. The summed E-state index contributed by atoms with van der Waals surface area (Å²) in [5.41, 5.74) is 2.50. The van der Waals surface area contributed by atoms with E-state index in [1.54, 1.807) is 0 Å². The molecule has 3 saturated carbocycles. The molecule has 0 N–H and O–H groups in total. The van der Waals surface area contributed by atoms with Gasteiger partial charge in [-0.2, -0.15) is 0 Å². The average molecular weight is 431 g/mol. The Balaban J connectivity index is 0.000000858. The SMILES string of the molecule is CCC.CCC1CCC(C2=CC=C(C3CCC(C4CCC(=O)CC4)CC3)C(F)C2)CC1. The van der Waals surface area contributed by atoms with E-state index in [9.17, 15) is 4.79 Å². The molecule has 4 rings (SSSR count). The number of carbonyl (C=O) groups excluding carboxylic acids is 1. The molecule has 0 heterocycles. The minimum atomic E-state index is -0.738. The molecule has 0 amide bonds. The molecule has 4 aliphatic rings. The normalized spacial score (nSPS) is 35.0. The van der Waals surface area contributed by atoms with Crippen molar-refractivity contribution in [3.63, 3.8) is 0 Å². The second-order valence-electron chi connectivity index (χ2n) is 10.9. The van der Waals surface area contributed by atoms with Crippen molar-refractivity contribution in [3.8, 4) is 0 Å². The molecule has 4 aliphatic carbocycles. The standard InChI is InChI=1S/C26H39FO.C3H8/c1-2-18-3-5-21(6-4-18)23-13-16-25(26(27)17-23)22-9-7-19(8-10-22)20-11-14-24(28)15-12-20;1-3-2/h13,16,18-22,26H,2-12,14-15,17H2,1H3;3H2,1-2H3. The third-order valence-electron chi connectivity index (χ3n) is 8.71. The summed E-state index contributed by atoms with van der Waals surface area (Å²) in [4.78, 5) is 11.5. The van der Waals surface area contributed by atoms with Crippen molar-refractivity contribution in [2.75, 3.05) is 0 Å². The quantitative estimate of drug-likeness (QED) is 0.435. The van der Waals surface area contributed by atoms with Crippen molar-refractivity contribution in [1.29, 1.82) is 0 Å². The van der Waals surface area contributed by atoms with Gasteiger partial charge in [-0.25, -0.2) is 4.39 Å². The summed E-state index contributed by atoms with van der Waals surface area (Å²) in [6.45, 7) is 6.56. The summed E-state index contributed by atoms with van der Waals surface area (Å²) in [6, 6.07) is 0. The van der Waals surface area contributed by atoms with E-state index in [0.29, 0.717) is 24.0 Å². The third-order valence-corrected chi connectivity index (χ3v) is 8.71. The zero-order valence-corrected chi connectivity index (χ0v) is 20.5. The zero-order valence-electron chi connectivity index (χ0n) is 20.5. The van der Waals surface area contributed by atoms with Crippen molar-refractivity contribution in [2.45, 2.75) is 123 Å². The molecule has 176 valence electrons. The molecule has 1 atom stereocenters. The first-order valence-electron chi connectivity index (χ1n) is 13.6. The molecule has 31 heavy (non-hydrogen) atoms. The van der Waals surface area contributed by atoms with Crippen LogP contribution in [0.15, 0.2) is 23.3 Å². The van der Waals surface area contributed by atoms with Gasteiger partial charge in [0.05, 0.1) is 0 Å². The maximum absolute atomic E-state index is 15.1. The minimum Gasteiger partial charge on any atom is -0.300 e. The predicted octanol–water partition coefficient (Wildman–Crippen LogP) is 8.78. The van der Waals surface area contributed by atoms with Gasteiger partial charge in [0, 0.05) is 19.3 Å². The highest BCUT2D eigenvalue weighted by Gasteiger charge is 2.34. The van der Waals surface area contributed by atoms with Gasteiger partial charge in [-0.05, 0) is 99.4 Å². The van der Waals surface area contributed by atoms with Crippen LogP contribution in [-0.2, 0) is 4.79 Å². The van der Waals surface area contributed by atoms with Gasteiger partial charge in [-0.15, -0.1) is 0 Å². The largest absolute Gasteiger partial charge is 0.300 e. The maximum atomic E-state index is 15.1. The summed E-state index contributed by atoms with van der Waals surface area (Å²) in [5.74, 6) is 4.01. The van der Waals surface area contributed by atoms with Crippen molar-refractivity contribution in [1.82, 2.24) is 0 Å². The van der Waals surface area contributed by atoms with Crippen molar-refractivity contribution in [2.24, 2.45) is 29.6 Å². The molecule has 2 heteroatoms. The smallest absolute Gasteiger partial charge is 0.132 e. The molecule has 1 unspecified atom stereocenters. The van der Waals surface area contributed by atoms with E-state index in [0.717, 1.165) is 61.9 Å². The van der Waals surface area contributed by atoms with E-state index < -0.39 is 6.17 Å². The molecule has 0 spiro atoms. The fourth-order valence-electron chi connectivity index (χ4n) is 6.69. The Morgan fingerprint density at radius 2 is 1.32 bits per heavy atom. The molecule has 0 bridgehead atoms. The lowest BCUT2D eigenvalue weighted by molar-refractivity contribution is -0.121. The van der Waals surface area contributed by atoms with Crippen LogP contribution in [0.2, 0.25) is 0 Å². The van der Waals surface area contributed by atoms with Gasteiger partial charge < -0.3 is 0 Å². The van der Waals surface area contributed by atoms with Gasteiger partial charge in [-0.3, -0.25) is 4.79 Å². The zero-order chi connectivity index (χ0) is 22.2. The van der Waals surface area contributed by atoms with Gasteiger partial charge >= 0.3 is 0 Å². The van der Waals surface area contributed by atoms with Gasteiger partial charge in [0.1, 0.15) is 12.0 Å². The van der Waals surface area contributed by atoms with E-state index in [2.05, 4.69) is 32.9 Å². The van der Waals surface area contributed by atoms with Crippen molar-refractivity contribution < 1.29 is 9.18 Å². The number of hydrogen-bond donors (Lipinski definition) is 0. The molecular weight excluding hydrogens is 383 g/mol. The molecule has 0 saturated heterocycles. The second kappa shape index (κ2) is 12.4. The lowest BCUT2D eigenvalue weighted by Crippen LogP contribution is -2.28. The topological polar surface area (TPSA) is 17.1 Å². The fourth-order valence-corrected chi connectivity index (χ4v) is 6.69. The van der Waals surface area contributed by atoms with Crippen LogP contribution in [0.5, 0.6) is 0 Å². The maximum Gasteiger partial charge on any atom is 0.132 e. The van der Waals surface area contributed by atoms with Crippen LogP contribution in [-0.4, -0.2) is 12.0 Å². The number of alkyl halides is 1. The lowest BCUT2D eigenvalue weighted by atomic mass is 9.68. The Bertz CT molecular complexity index is 607. The van der Waals surface area contributed by atoms with Crippen LogP contribution >= 0.6 is 0 Å². The van der Waals surface area contributed by atoms with Crippen LogP contribution in [0.3, 0.4) is 0 Å². The highest BCUT2D eigenvalue weighted by Crippen LogP contribution is 2.45. The van der Waals surface area contributed by atoms with Crippen LogP contribution in [0.1, 0.15) is 117 Å². The third kappa shape index (κ3) is 6.78. The molecule has 0 aromatic rings. The Hall–Kier alpha value is -0.920. The van der Waals surface area contributed by atoms with Crippen molar-refractivity contribution >= 4 is 5.78 Å². The fraction of sp³-hybridized carbons (Fsp3) is 0.828.